The molecule has 2 aromatic carbocycles. The van der Waals surface area contributed by atoms with Gasteiger partial charge in [0.15, 0.2) is 5.75 Å². The summed E-state index contributed by atoms with van der Waals surface area (Å²) < 4.78 is 8.37. The third-order valence-corrected chi connectivity index (χ3v) is 10.1. The molecule has 0 bridgehead atoms. The minimum atomic E-state index is -0.462. The summed E-state index contributed by atoms with van der Waals surface area (Å²) in [4.78, 5) is 51.0. The van der Waals surface area contributed by atoms with Gasteiger partial charge in [0.05, 0.1) is 35.1 Å². The lowest BCUT2D eigenvalue weighted by Gasteiger charge is -2.38. The Bertz CT molecular complexity index is 1890. The van der Waals surface area contributed by atoms with E-state index in [1.807, 2.05) is 27.8 Å². The number of carbonyl (C=O) groups excluding carboxylic acids is 3. The highest BCUT2D eigenvalue weighted by molar-refractivity contribution is 9.10. The first-order valence-electron chi connectivity index (χ1n) is 15.7. The van der Waals surface area contributed by atoms with Gasteiger partial charge >= 0.3 is 5.97 Å². The number of hydrogen-bond acceptors (Lipinski definition) is 7. The molecule has 2 aliphatic heterocycles. The van der Waals surface area contributed by atoms with Gasteiger partial charge in [0, 0.05) is 55.9 Å². The van der Waals surface area contributed by atoms with Crippen LogP contribution in [0.25, 0.3) is 16.7 Å². The van der Waals surface area contributed by atoms with E-state index in [9.17, 15) is 19.5 Å². The highest BCUT2D eigenvalue weighted by Crippen LogP contribution is 2.42. The predicted molar refractivity (Wildman–Crippen MR) is 174 cm³/mol. The average molecular weight is 688 g/mol. The number of nitrogens with one attached hydrogen (secondary N) is 1. The van der Waals surface area contributed by atoms with Gasteiger partial charge in [-0.15, -0.1) is 0 Å². The molecule has 4 heterocycles. The maximum atomic E-state index is 14.5. The lowest BCUT2D eigenvalue weighted by atomic mass is 9.80. The lowest BCUT2D eigenvalue weighted by molar-refractivity contribution is -0.132. The van der Waals surface area contributed by atoms with E-state index in [4.69, 9.17) is 9.84 Å². The van der Waals surface area contributed by atoms with Gasteiger partial charge in [0.1, 0.15) is 17.0 Å². The zero-order valence-electron chi connectivity index (χ0n) is 25.6. The average Bonchev–Trinajstić information content (AvgIpc) is 3.54. The summed E-state index contributed by atoms with van der Waals surface area (Å²) >= 11 is 3.55. The van der Waals surface area contributed by atoms with Crippen molar-refractivity contribution in [2.24, 2.45) is 0 Å². The molecule has 3 aliphatic rings. The molecule has 2 N–H and O–H groups in total. The molecule has 2 amide bonds. The Morgan fingerprint density at radius 2 is 2.00 bits per heavy atom. The predicted octanol–water partition coefficient (Wildman–Crippen LogP) is 4.55. The normalized spacial score (nSPS) is 17.8. The minimum absolute atomic E-state index is 0.0693. The number of amides is 2. The highest BCUT2D eigenvalue weighted by Gasteiger charge is 2.41. The Kier molecular flexibility index (Phi) is 8.02. The lowest BCUT2D eigenvalue weighted by Crippen LogP contribution is -2.46. The van der Waals surface area contributed by atoms with Crippen molar-refractivity contribution in [3.05, 3.63) is 81.4 Å². The smallest absolute Gasteiger partial charge is 0.308 e. The molecule has 0 unspecified atom stereocenters. The van der Waals surface area contributed by atoms with Crippen LogP contribution in [0.5, 0.6) is 5.75 Å². The number of aromatic nitrogens is 4. The number of esters is 1. The number of ether oxygens (including phenoxy) is 1. The molecule has 0 spiro atoms. The second kappa shape index (κ2) is 12.1. The molecule has 2 aromatic heterocycles. The Morgan fingerprint density at radius 1 is 1.17 bits per heavy atom. The fraction of sp³-hybridized carbons (Fsp3) is 0.382. The van der Waals surface area contributed by atoms with E-state index in [2.05, 4.69) is 38.5 Å². The third kappa shape index (κ3) is 5.23. The Balaban J connectivity index is 1.32. The van der Waals surface area contributed by atoms with Crippen LogP contribution in [-0.4, -0.2) is 78.7 Å². The molecular formula is C34H35BrN6O5. The number of benzene rings is 2. The number of aliphatic hydroxyl groups is 1. The van der Waals surface area contributed by atoms with Gasteiger partial charge in [-0.05, 0) is 70.6 Å². The van der Waals surface area contributed by atoms with E-state index in [1.165, 1.54) is 19.4 Å². The van der Waals surface area contributed by atoms with Crippen LogP contribution in [-0.2, 0) is 28.9 Å². The molecule has 7 rings (SSSR count). The third-order valence-electron chi connectivity index (χ3n) is 9.42. The molecule has 1 saturated carbocycles. The monoisotopic (exact) mass is 686 g/mol. The van der Waals surface area contributed by atoms with Crippen molar-refractivity contribution < 1.29 is 24.2 Å². The topological polar surface area (TPSA) is 134 Å². The summed E-state index contributed by atoms with van der Waals surface area (Å²) in [5.74, 6) is 0.739. The van der Waals surface area contributed by atoms with Crippen LogP contribution in [0, 0.1) is 0 Å². The molecule has 4 aromatic rings. The van der Waals surface area contributed by atoms with Gasteiger partial charge in [0.2, 0.25) is 5.91 Å². The number of halogens is 1. The van der Waals surface area contributed by atoms with Gasteiger partial charge in [-0.1, -0.05) is 19.1 Å². The molecule has 11 nitrogen and oxygen atoms in total. The van der Waals surface area contributed by atoms with Crippen LogP contribution >= 0.6 is 15.9 Å². The highest BCUT2D eigenvalue weighted by atomic mass is 79.9. The largest absolute Gasteiger partial charge is 0.424 e. The maximum absolute atomic E-state index is 14.5. The standard InChI is InChI=1S/C34H35BrN6O5/c1-3-30(44)39-14-11-24-31-26(41(38-24)25-10-7-21(20-5-4-6-20)17-28(25)46-19(2)43)12-15-40(27(31)18-39)34(45)22-8-9-23(35)33-32(22)36-29(37-33)13-16-42/h3,7-10,17,20,27,42H,1,4-6,11-16,18H2,2H3,(H,36,37)/t27-/m0/s1. The summed E-state index contributed by atoms with van der Waals surface area (Å²) in [6.45, 7) is 6.13. The Labute approximate surface area is 274 Å². The van der Waals surface area contributed by atoms with Crippen molar-refractivity contribution in [3.63, 3.8) is 0 Å². The van der Waals surface area contributed by atoms with E-state index in [0.29, 0.717) is 72.1 Å². The van der Waals surface area contributed by atoms with E-state index >= 15 is 0 Å². The van der Waals surface area contributed by atoms with E-state index in [0.717, 1.165) is 39.8 Å². The molecule has 12 heteroatoms. The van der Waals surface area contributed by atoms with Crippen LogP contribution < -0.4 is 4.74 Å². The van der Waals surface area contributed by atoms with Gasteiger partial charge in [-0.2, -0.15) is 5.10 Å². The quantitative estimate of drug-likeness (QED) is 0.166. The number of H-pyrrole nitrogens is 1. The fourth-order valence-corrected chi connectivity index (χ4v) is 7.39. The molecular weight excluding hydrogens is 652 g/mol. The van der Waals surface area contributed by atoms with Crippen molar-refractivity contribution in [2.75, 3.05) is 26.2 Å². The first kappa shape index (κ1) is 30.4. The minimum Gasteiger partial charge on any atom is -0.424 e. The number of fused-ring (bicyclic) bond motifs is 1. The summed E-state index contributed by atoms with van der Waals surface area (Å²) in [6.07, 6.45) is 6.10. The molecule has 0 saturated heterocycles. The maximum Gasteiger partial charge on any atom is 0.308 e. The SMILES string of the molecule is C=CC(=O)N1CCc2nn(-c3ccc(C4CCC4)cc3OC(C)=O)c3c2[C@H](C1)N(C(=O)c1ccc(Br)c2nc(CCO)[nH]c12)CC3. The summed E-state index contributed by atoms with van der Waals surface area (Å²) in [7, 11) is 0. The second-order valence-corrected chi connectivity index (χ2v) is 13.0. The van der Waals surface area contributed by atoms with Gasteiger partial charge in [-0.25, -0.2) is 9.67 Å². The molecule has 238 valence electrons. The number of hydrogen-bond donors (Lipinski definition) is 2. The van der Waals surface area contributed by atoms with Crippen molar-refractivity contribution in [2.45, 2.75) is 57.4 Å². The van der Waals surface area contributed by atoms with Gasteiger partial charge in [-0.3, -0.25) is 14.4 Å². The molecule has 46 heavy (non-hydrogen) atoms. The number of imidazole rings is 1. The summed E-state index contributed by atoms with van der Waals surface area (Å²) in [5.41, 5.74) is 6.18. The van der Waals surface area contributed by atoms with Gasteiger partial charge in [0.25, 0.3) is 5.91 Å². The zero-order valence-corrected chi connectivity index (χ0v) is 27.2. The first-order chi connectivity index (χ1) is 22.3. The Morgan fingerprint density at radius 3 is 2.72 bits per heavy atom. The van der Waals surface area contributed by atoms with Gasteiger partial charge < -0.3 is 24.6 Å². The molecule has 1 aliphatic carbocycles. The summed E-state index contributed by atoms with van der Waals surface area (Å²) in [6, 6.07) is 9.16. The molecule has 1 fully saturated rings. The zero-order chi connectivity index (χ0) is 32.1. The van der Waals surface area contributed by atoms with Crippen molar-refractivity contribution in [3.8, 4) is 11.4 Å². The van der Waals surface area contributed by atoms with Crippen molar-refractivity contribution in [1.82, 2.24) is 29.5 Å². The van der Waals surface area contributed by atoms with Crippen LogP contribution in [0.2, 0.25) is 0 Å². The van der Waals surface area contributed by atoms with Crippen molar-refractivity contribution in [1.29, 1.82) is 0 Å². The summed E-state index contributed by atoms with van der Waals surface area (Å²) in [5, 5.41) is 14.6. The second-order valence-electron chi connectivity index (χ2n) is 12.1. The number of nitrogens with zero attached hydrogens (tertiary/aromatic N) is 5. The Hall–Kier alpha value is -4.29. The van der Waals surface area contributed by atoms with Crippen LogP contribution in [0.4, 0.5) is 0 Å². The molecule has 1 atom stereocenters. The van der Waals surface area contributed by atoms with Crippen LogP contribution in [0.3, 0.4) is 0 Å². The van der Waals surface area contributed by atoms with Crippen LogP contribution in [0.1, 0.15) is 76.8 Å². The van der Waals surface area contributed by atoms with Crippen molar-refractivity contribution >= 4 is 44.7 Å². The van der Waals surface area contributed by atoms with E-state index in [-0.39, 0.29) is 25.0 Å². The number of aromatic amines is 1. The number of rotatable bonds is 7. The van der Waals surface area contributed by atoms with Crippen LogP contribution in [0.15, 0.2) is 47.5 Å². The van der Waals surface area contributed by atoms with E-state index < -0.39 is 12.0 Å². The number of carbonyl (C=O) groups is 3. The number of aliphatic hydroxyl groups excluding tert-OH is 1. The molecule has 0 radical (unpaired) electrons. The first-order valence-corrected chi connectivity index (χ1v) is 16.5. The fourth-order valence-electron chi connectivity index (χ4n) is 6.97. The van der Waals surface area contributed by atoms with E-state index in [1.54, 1.807) is 11.0 Å².